The van der Waals surface area contributed by atoms with Crippen molar-refractivity contribution in [1.82, 2.24) is 9.96 Å². The minimum atomic E-state index is -1.44. The second kappa shape index (κ2) is 6.35. The molecular weight excluding hydrogens is 224 g/mol. The zero-order chi connectivity index (χ0) is 12.1. The molecule has 2 N–H and O–H groups in total. The fourth-order valence-electron chi connectivity index (χ4n) is 4.39. The van der Waals surface area contributed by atoms with Crippen LogP contribution in [0.1, 0.15) is 64.2 Å². The standard InChI is InChI=1S/C14H30N2Si/c1-15-17(16-2,13-9-5-3-6-10-13)14-11-7-4-8-12-14/h13-16H,3-12H2,1-2H3. The summed E-state index contributed by atoms with van der Waals surface area (Å²) in [7, 11) is 3.01. The summed E-state index contributed by atoms with van der Waals surface area (Å²) in [4.78, 5) is 7.66. The van der Waals surface area contributed by atoms with Crippen LogP contribution in [0.4, 0.5) is 0 Å². The predicted molar refractivity (Wildman–Crippen MR) is 77.5 cm³/mol. The van der Waals surface area contributed by atoms with Crippen molar-refractivity contribution in [2.75, 3.05) is 14.1 Å². The summed E-state index contributed by atoms with van der Waals surface area (Å²) in [5.74, 6) is 0. The lowest BCUT2D eigenvalue weighted by atomic mass is 9.99. The summed E-state index contributed by atoms with van der Waals surface area (Å²) >= 11 is 0. The first kappa shape index (κ1) is 13.6. The van der Waals surface area contributed by atoms with Gasteiger partial charge in [-0.25, -0.2) is 0 Å². The summed E-state index contributed by atoms with van der Waals surface area (Å²) in [5, 5.41) is 0. The summed E-state index contributed by atoms with van der Waals surface area (Å²) in [6.45, 7) is 0. The molecule has 2 saturated carbocycles. The third kappa shape index (κ3) is 2.77. The number of hydrogen-bond donors (Lipinski definition) is 2. The van der Waals surface area contributed by atoms with E-state index < -0.39 is 8.40 Å². The third-order valence-electron chi connectivity index (χ3n) is 5.33. The summed E-state index contributed by atoms with van der Waals surface area (Å²) in [6.07, 6.45) is 14.7. The Morgan fingerprint density at radius 2 is 1.00 bits per heavy atom. The molecule has 0 radical (unpaired) electrons. The van der Waals surface area contributed by atoms with Crippen LogP contribution in [0, 0.1) is 0 Å². The molecule has 0 bridgehead atoms. The second-order valence-electron chi connectivity index (χ2n) is 6.04. The van der Waals surface area contributed by atoms with Crippen LogP contribution in [0.2, 0.25) is 11.1 Å². The molecule has 0 heterocycles. The Morgan fingerprint density at radius 1 is 0.647 bits per heavy atom. The van der Waals surface area contributed by atoms with Crippen LogP contribution < -0.4 is 9.96 Å². The van der Waals surface area contributed by atoms with Gasteiger partial charge in [0.15, 0.2) is 0 Å². The molecule has 2 rings (SSSR count). The van der Waals surface area contributed by atoms with Gasteiger partial charge in [-0.15, -0.1) is 0 Å². The monoisotopic (exact) mass is 254 g/mol. The van der Waals surface area contributed by atoms with Gasteiger partial charge in [0.1, 0.15) is 0 Å². The Kier molecular flexibility index (Phi) is 5.06. The number of hydrogen-bond acceptors (Lipinski definition) is 2. The van der Waals surface area contributed by atoms with Crippen molar-refractivity contribution in [3.8, 4) is 0 Å². The molecule has 0 unspecified atom stereocenters. The Hall–Kier alpha value is 0.137. The van der Waals surface area contributed by atoms with Gasteiger partial charge in [-0.1, -0.05) is 64.2 Å². The van der Waals surface area contributed by atoms with E-state index in [-0.39, 0.29) is 0 Å². The fourth-order valence-corrected chi connectivity index (χ4v) is 9.58. The van der Waals surface area contributed by atoms with Gasteiger partial charge in [0.25, 0.3) is 0 Å². The highest BCUT2D eigenvalue weighted by Crippen LogP contribution is 2.44. The van der Waals surface area contributed by atoms with E-state index in [0.29, 0.717) is 0 Å². The first-order valence-corrected chi connectivity index (χ1v) is 9.87. The van der Waals surface area contributed by atoms with Gasteiger partial charge in [-0.3, -0.25) is 0 Å². The van der Waals surface area contributed by atoms with Crippen LogP contribution in [-0.4, -0.2) is 22.5 Å². The van der Waals surface area contributed by atoms with Crippen molar-refractivity contribution < 1.29 is 0 Å². The van der Waals surface area contributed by atoms with Gasteiger partial charge in [-0.05, 0) is 25.2 Å². The lowest BCUT2D eigenvalue weighted by molar-refractivity contribution is 0.437. The van der Waals surface area contributed by atoms with Gasteiger partial charge in [0.2, 0.25) is 8.40 Å². The number of rotatable bonds is 4. The maximum Gasteiger partial charge on any atom is 0.207 e. The van der Waals surface area contributed by atoms with Crippen molar-refractivity contribution >= 4 is 8.40 Å². The van der Waals surface area contributed by atoms with Crippen molar-refractivity contribution in [3.63, 3.8) is 0 Å². The smallest absolute Gasteiger partial charge is 0.207 e. The van der Waals surface area contributed by atoms with Crippen molar-refractivity contribution in [1.29, 1.82) is 0 Å². The van der Waals surface area contributed by atoms with E-state index in [2.05, 4.69) is 24.1 Å². The SMILES string of the molecule is CN[Si](NC)(C1CCCCC1)C1CCCCC1. The first-order chi connectivity index (χ1) is 8.33. The molecule has 0 spiro atoms. The molecule has 0 atom stereocenters. The van der Waals surface area contributed by atoms with E-state index in [1.807, 2.05) is 0 Å². The van der Waals surface area contributed by atoms with E-state index in [9.17, 15) is 0 Å². The quantitative estimate of drug-likeness (QED) is 0.750. The third-order valence-corrected chi connectivity index (χ3v) is 10.7. The van der Waals surface area contributed by atoms with Crippen LogP contribution >= 0.6 is 0 Å². The minimum absolute atomic E-state index is 0.981. The Bertz CT molecular complexity index is 196. The van der Waals surface area contributed by atoms with Gasteiger partial charge < -0.3 is 9.96 Å². The summed E-state index contributed by atoms with van der Waals surface area (Å²) in [6, 6.07) is 0. The first-order valence-electron chi connectivity index (χ1n) is 7.71. The molecule has 0 aliphatic heterocycles. The van der Waals surface area contributed by atoms with Crippen molar-refractivity contribution in [3.05, 3.63) is 0 Å². The van der Waals surface area contributed by atoms with Crippen LogP contribution in [-0.2, 0) is 0 Å². The average molecular weight is 254 g/mol. The zero-order valence-corrected chi connectivity index (χ0v) is 12.7. The molecule has 17 heavy (non-hydrogen) atoms. The van der Waals surface area contributed by atoms with Gasteiger partial charge in [-0.2, -0.15) is 0 Å². The Labute approximate surface area is 108 Å². The molecule has 2 nitrogen and oxygen atoms in total. The maximum absolute atomic E-state index is 3.83. The van der Waals surface area contributed by atoms with Crippen LogP contribution in [0.25, 0.3) is 0 Å². The molecule has 100 valence electrons. The van der Waals surface area contributed by atoms with Crippen LogP contribution in [0.15, 0.2) is 0 Å². The topological polar surface area (TPSA) is 24.1 Å². The van der Waals surface area contributed by atoms with E-state index in [4.69, 9.17) is 0 Å². The van der Waals surface area contributed by atoms with E-state index in [1.165, 1.54) is 64.2 Å². The maximum atomic E-state index is 3.83. The normalized spacial score (nSPS) is 25.1. The lowest BCUT2D eigenvalue weighted by Crippen LogP contribution is -2.66. The summed E-state index contributed by atoms with van der Waals surface area (Å²) < 4.78 is 0. The minimum Gasteiger partial charge on any atom is -0.328 e. The van der Waals surface area contributed by atoms with Gasteiger partial charge >= 0.3 is 0 Å². The zero-order valence-electron chi connectivity index (χ0n) is 11.7. The summed E-state index contributed by atoms with van der Waals surface area (Å²) in [5.41, 5.74) is 1.96. The predicted octanol–water partition coefficient (Wildman–Crippen LogP) is 3.54. The van der Waals surface area contributed by atoms with Crippen molar-refractivity contribution in [2.45, 2.75) is 75.3 Å². The molecule has 0 aromatic rings. The molecule has 0 aromatic heterocycles. The van der Waals surface area contributed by atoms with Crippen LogP contribution in [0.3, 0.4) is 0 Å². The van der Waals surface area contributed by atoms with Crippen LogP contribution in [0.5, 0.6) is 0 Å². The molecule has 0 aromatic carbocycles. The second-order valence-corrected chi connectivity index (χ2v) is 10.4. The van der Waals surface area contributed by atoms with Crippen molar-refractivity contribution in [2.24, 2.45) is 0 Å². The fraction of sp³-hybridized carbons (Fsp3) is 1.00. The van der Waals surface area contributed by atoms with E-state index >= 15 is 0 Å². The molecule has 0 amide bonds. The van der Waals surface area contributed by atoms with Gasteiger partial charge in [0, 0.05) is 0 Å². The highest BCUT2D eigenvalue weighted by Gasteiger charge is 2.46. The highest BCUT2D eigenvalue weighted by molar-refractivity contribution is 6.77. The lowest BCUT2D eigenvalue weighted by Gasteiger charge is -2.46. The molecular formula is C14H30N2Si. The molecule has 2 aliphatic rings. The molecule has 0 saturated heterocycles. The highest BCUT2D eigenvalue weighted by atomic mass is 28.3. The van der Waals surface area contributed by atoms with Gasteiger partial charge in [0.05, 0.1) is 0 Å². The Balaban J connectivity index is 2.10. The average Bonchev–Trinajstić information content (AvgIpc) is 2.43. The molecule has 3 heteroatoms. The van der Waals surface area contributed by atoms with E-state index in [1.54, 1.807) is 0 Å². The molecule has 2 aliphatic carbocycles. The van der Waals surface area contributed by atoms with E-state index in [0.717, 1.165) is 11.1 Å². The molecule has 2 fully saturated rings. The number of nitrogens with one attached hydrogen (secondary N) is 2. The largest absolute Gasteiger partial charge is 0.328 e. The Morgan fingerprint density at radius 3 is 1.29 bits per heavy atom.